The van der Waals surface area contributed by atoms with Crippen molar-refractivity contribution in [1.29, 1.82) is 10.5 Å². The van der Waals surface area contributed by atoms with E-state index >= 15 is 0 Å². The Morgan fingerprint density at radius 1 is 1.29 bits per heavy atom. The summed E-state index contributed by atoms with van der Waals surface area (Å²) >= 11 is 0. The summed E-state index contributed by atoms with van der Waals surface area (Å²) in [4.78, 5) is 2.24. The third-order valence-corrected chi connectivity index (χ3v) is 2.68. The monoisotopic (exact) mass is 227 g/mol. The van der Waals surface area contributed by atoms with Crippen molar-refractivity contribution in [3.05, 3.63) is 35.4 Å². The summed E-state index contributed by atoms with van der Waals surface area (Å²) in [5.74, 6) is 0. The molecule has 0 saturated carbocycles. The molecule has 0 N–H and O–H groups in total. The second kappa shape index (κ2) is 6.68. The first-order valence-electron chi connectivity index (χ1n) is 5.77. The lowest BCUT2D eigenvalue weighted by Gasteiger charge is -2.25. The van der Waals surface area contributed by atoms with Crippen LogP contribution < -0.4 is 0 Å². The number of nitrogens with zero attached hydrogens (tertiary/aromatic N) is 3. The second-order valence-corrected chi connectivity index (χ2v) is 4.28. The Hall–Kier alpha value is -1.84. The molecule has 0 amide bonds. The molecule has 0 aromatic heterocycles. The Kier molecular flexibility index (Phi) is 5.20. The minimum Gasteiger partial charge on any atom is -0.296 e. The van der Waals surface area contributed by atoms with Gasteiger partial charge in [-0.3, -0.25) is 4.90 Å². The van der Waals surface area contributed by atoms with Crippen molar-refractivity contribution < 1.29 is 0 Å². The molecule has 0 heterocycles. The van der Waals surface area contributed by atoms with E-state index < -0.39 is 0 Å². The minimum absolute atomic E-state index is 0.397. The van der Waals surface area contributed by atoms with E-state index in [1.165, 1.54) is 0 Å². The predicted molar refractivity (Wildman–Crippen MR) is 66.9 cm³/mol. The molecule has 0 unspecified atom stereocenters. The first kappa shape index (κ1) is 13.2. The molecule has 0 aliphatic rings. The molecular weight excluding hydrogens is 210 g/mol. The highest BCUT2D eigenvalue weighted by Gasteiger charge is 2.09. The fraction of sp³-hybridized carbons (Fsp3) is 0.429. The van der Waals surface area contributed by atoms with E-state index in [-0.39, 0.29) is 0 Å². The van der Waals surface area contributed by atoms with Gasteiger partial charge in [-0.2, -0.15) is 10.5 Å². The van der Waals surface area contributed by atoms with Crippen molar-refractivity contribution in [3.8, 4) is 12.1 Å². The van der Waals surface area contributed by atoms with Crippen molar-refractivity contribution in [1.82, 2.24) is 4.90 Å². The number of nitriles is 2. The van der Waals surface area contributed by atoms with Crippen molar-refractivity contribution in [2.24, 2.45) is 0 Å². The van der Waals surface area contributed by atoms with Gasteiger partial charge in [-0.05, 0) is 31.5 Å². The maximum atomic E-state index is 8.84. The fourth-order valence-electron chi connectivity index (χ4n) is 1.69. The van der Waals surface area contributed by atoms with Gasteiger partial charge < -0.3 is 0 Å². The molecule has 0 spiro atoms. The Bertz CT molecular complexity index is 438. The van der Waals surface area contributed by atoms with Gasteiger partial charge in [0.15, 0.2) is 0 Å². The van der Waals surface area contributed by atoms with E-state index in [2.05, 4.69) is 30.9 Å². The maximum Gasteiger partial charge on any atom is 0.0991 e. The molecule has 88 valence electrons. The lowest BCUT2D eigenvalue weighted by molar-refractivity contribution is 0.218. The maximum absolute atomic E-state index is 8.84. The van der Waals surface area contributed by atoms with Gasteiger partial charge in [0.1, 0.15) is 0 Å². The van der Waals surface area contributed by atoms with Gasteiger partial charge in [-0.1, -0.05) is 12.1 Å². The molecule has 3 heteroatoms. The van der Waals surface area contributed by atoms with Crippen LogP contribution in [-0.2, 0) is 6.54 Å². The van der Waals surface area contributed by atoms with Crippen LogP contribution in [0.1, 0.15) is 31.4 Å². The third kappa shape index (κ3) is 4.26. The average molecular weight is 227 g/mol. The Morgan fingerprint density at radius 3 is 2.65 bits per heavy atom. The highest BCUT2D eigenvalue weighted by atomic mass is 15.1. The SMILES string of the molecule is CC(C)N(CCC#N)Cc1cccc(C#N)c1. The van der Waals surface area contributed by atoms with Gasteiger partial charge in [0, 0.05) is 25.6 Å². The molecule has 1 rings (SSSR count). The topological polar surface area (TPSA) is 50.8 Å². The van der Waals surface area contributed by atoms with E-state index in [4.69, 9.17) is 10.5 Å². The van der Waals surface area contributed by atoms with Gasteiger partial charge in [0.05, 0.1) is 17.7 Å². The van der Waals surface area contributed by atoms with Gasteiger partial charge in [0.25, 0.3) is 0 Å². The van der Waals surface area contributed by atoms with E-state index in [1.54, 1.807) is 6.07 Å². The molecule has 17 heavy (non-hydrogen) atoms. The third-order valence-electron chi connectivity index (χ3n) is 2.68. The highest BCUT2D eigenvalue weighted by molar-refractivity contribution is 5.32. The molecule has 0 atom stereocenters. The molecule has 0 fully saturated rings. The van der Waals surface area contributed by atoms with Crippen LogP contribution in [0.5, 0.6) is 0 Å². The predicted octanol–water partition coefficient (Wildman–Crippen LogP) is 2.68. The quantitative estimate of drug-likeness (QED) is 0.777. The van der Waals surface area contributed by atoms with Crippen molar-refractivity contribution in [2.45, 2.75) is 32.9 Å². The van der Waals surface area contributed by atoms with Crippen molar-refractivity contribution >= 4 is 0 Å². The fourth-order valence-corrected chi connectivity index (χ4v) is 1.69. The summed E-state index contributed by atoms with van der Waals surface area (Å²) in [7, 11) is 0. The minimum atomic E-state index is 0.397. The number of benzene rings is 1. The molecule has 1 aromatic carbocycles. The van der Waals surface area contributed by atoms with Crippen LogP contribution in [0.25, 0.3) is 0 Å². The first-order chi connectivity index (χ1) is 8.17. The van der Waals surface area contributed by atoms with E-state index in [0.717, 1.165) is 18.7 Å². The van der Waals surface area contributed by atoms with Crippen LogP contribution >= 0.6 is 0 Å². The molecule has 0 saturated heterocycles. The smallest absolute Gasteiger partial charge is 0.0991 e. The number of hydrogen-bond donors (Lipinski definition) is 0. The Morgan fingerprint density at radius 2 is 2.06 bits per heavy atom. The normalized spacial score (nSPS) is 10.2. The molecule has 0 aliphatic carbocycles. The Labute approximate surface area is 103 Å². The lowest BCUT2D eigenvalue weighted by Crippen LogP contribution is -2.31. The van der Waals surface area contributed by atoms with E-state index in [1.807, 2.05) is 18.2 Å². The highest BCUT2D eigenvalue weighted by Crippen LogP contribution is 2.10. The second-order valence-electron chi connectivity index (χ2n) is 4.28. The largest absolute Gasteiger partial charge is 0.296 e. The zero-order valence-electron chi connectivity index (χ0n) is 10.3. The van der Waals surface area contributed by atoms with E-state index in [0.29, 0.717) is 18.0 Å². The molecule has 0 bridgehead atoms. The summed E-state index contributed by atoms with van der Waals surface area (Å²) in [5, 5.41) is 17.5. The standard InChI is InChI=1S/C14H17N3/c1-12(2)17(8-4-7-15)11-14-6-3-5-13(9-14)10-16/h3,5-6,9,12H,4,8,11H2,1-2H3. The summed E-state index contributed by atoms with van der Waals surface area (Å²) < 4.78 is 0. The molecule has 0 radical (unpaired) electrons. The summed E-state index contributed by atoms with van der Waals surface area (Å²) in [5.41, 5.74) is 1.81. The molecular formula is C14H17N3. The van der Waals surface area contributed by atoms with Gasteiger partial charge in [0.2, 0.25) is 0 Å². The van der Waals surface area contributed by atoms with Crippen LogP contribution in [0.2, 0.25) is 0 Å². The van der Waals surface area contributed by atoms with Crippen LogP contribution in [0.3, 0.4) is 0 Å². The Balaban J connectivity index is 2.72. The lowest BCUT2D eigenvalue weighted by atomic mass is 10.1. The van der Waals surface area contributed by atoms with Crippen LogP contribution in [0.15, 0.2) is 24.3 Å². The number of rotatable bonds is 5. The molecule has 1 aromatic rings. The number of hydrogen-bond acceptors (Lipinski definition) is 3. The summed E-state index contributed by atoms with van der Waals surface area (Å²) in [6.45, 7) is 5.79. The molecule has 0 aliphatic heterocycles. The van der Waals surface area contributed by atoms with Gasteiger partial charge >= 0.3 is 0 Å². The van der Waals surface area contributed by atoms with Gasteiger partial charge in [-0.15, -0.1) is 0 Å². The summed E-state index contributed by atoms with van der Waals surface area (Å²) in [6.07, 6.45) is 0.538. The average Bonchev–Trinajstić information content (AvgIpc) is 2.34. The first-order valence-corrected chi connectivity index (χ1v) is 5.77. The van der Waals surface area contributed by atoms with Crippen molar-refractivity contribution in [3.63, 3.8) is 0 Å². The molecule has 3 nitrogen and oxygen atoms in total. The zero-order chi connectivity index (χ0) is 12.7. The summed E-state index contributed by atoms with van der Waals surface area (Å²) in [6, 6.07) is 12.3. The van der Waals surface area contributed by atoms with Crippen LogP contribution in [0, 0.1) is 22.7 Å². The van der Waals surface area contributed by atoms with Crippen molar-refractivity contribution in [2.75, 3.05) is 6.54 Å². The van der Waals surface area contributed by atoms with E-state index in [9.17, 15) is 0 Å². The zero-order valence-corrected chi connectivity index (χ0v) is 10.3. The van der Waals surface area contributed by atoms with Gasteiger partial charge in [-0.25, -0.2) is 0 Å². The van der Waals surface area contributed by atoms with Crippen LogP contribution in [-0.4, -0.2) is 17.5 Å². The van der Waals surface area contributed by atoms with Crippen LogP contribution in [0.4, 0.5) is 0 Å².